The second-order valence-electron chi connectivity index (χ2n) is 5.63. The summed E-state index contributed by atoms with van der Waals surface area (Å²) in [5, 5.41) is 2.73. The first-order valence-corrected chi connectivity index (χ1v) is 7.13. The van der Waals surface area contributed by atoms with Gasteiger partial charge in [0.15, 0.2) is 0 Å². The van der Waals surface area contributed by atoms with E-state index in [0.29, 0.717) is 24.1 Å². The first-order chi connectivity index (χ1) is 10.5. The Balaban J connectivity index is 1.86. The third kappa shape index (κ3) is 2.54. The molecule has 22 heavy (non-hydrogen) atoms. The number of rotatable bonds is 2. The summed E-state index contributed by atoms with van der Waals surface area (Å²) < 4.78 is 13.5. The minimum atomic E-state index is -1.24. The molecule has 2 heterocycles. The third-order valence-corrected chi connectivity index (χ3v) is 4.09. The van der Waals surface area contributed by atoms with Gasteiger partial charge in [0.1, 0.15) is 12.2 Å². The Morgan fingerprint density at radius 3 is 2.82 bits per heavy atom. The van der Waals surface area contributed by atoms with E-state index in [0.717, 1.165) is 5.56 Å². The highest BCUT2D eigenvalue weighted by Gasteiger charge is 2.39. The van der Waals surface area contributed by atoms with Crippen LogP contribution < -0.4 is 11.1 Å². The van der Waals surface area contributed by atoms with E-state index in [2.05, 4.69) is 5.32 Å². The van der Waals surface area contributed by atoms with E-state index in [1.54, 1.807) is 18.2 Å². The monoisotopic (exact) mass is 305 g/mol. The Bertz CT molecular complexity index is 661. The molecule has 0 aliphatic carbocycles. The van der Waals surface area contributed by atoms with Crippen LogP contribution in [0, 0.1) is 0 Å². The summed E-state index contributed by atoms with van der Waals surface area (Å²) in [4.78, 5) is 36.4. The fraction of sp³-hybridized carbons (Fsp3) is 0.400. The van der Waals surface area contributed by atoms with Crippen LogP contribution in [0.25, 0.3) is 0 Å². The van der Waals surface area contributed by atoms with Gasteiger partial charge in [0.25, 0.3) is 5.91 Å². The van der Waals surface area contributed by atoms with E-state index >= 15 is 0 Å². The summed E-state index contributed by atoms with van der Waals surface area (Å²) in [6.45, 7) is -0.125. The molecule has 1 fully saturated rings. The highest BCUT2D eigenvalue weighted by Crippen LogP contribution is 2.27. The number of carbonyl (C=O) groups is 3. The van der Waals surface area contributed by atoms with Crippen molar-refractivity contribution in [3.63, 3.8) is 0 Å². The maximum Gasteiger partial charge on any atom is 0.254 e. The summed E-state index contributed by atoms with van der Waals surface area (Å²) >= 11 is 0. The van der Waals surface area contributed by atoms with E-state index in [4.69, 9.17) is 5.73 Å². The Morgan fingerprint density at radius 2 is 2.09 bits per heavy atom. The van der Waals surface area contributed by atoms with Crippen LogP contribution in [0.3, 0.4) is 0 Å². The molecule has 116 valence electrons. The van der Waals surface area contributed by atoms with Crippen LogP contribution in [0.1, 0.15) is 28.8 Å². The molecule has 1 aromatic carbocycles. The number of nitrogens with two attached hydrogens (primary N) is 1. The van der Waals surface area contributed by atoms with Crippen molar-refractivity contribution < 1.29 is 18.8 Å². The molecule has 0 bridgehead atoms. The average molecular weight is 305 g/mol. The van der Waals surface area contributed by atoms with Crippen molar-refractivity contribution in [2.45, 2.75) is 31.5 Å². The molecule has 2 aliphatic heterocycles. The van der Waals surface area contributed by atoms with Crippen LogP contribution in [0.5, 0.6) is 0 Å². The zero-order valence-corrected chi connectivity index (χ0v) is 11.8. The molecule has 0 unspecified atom stereocenters. The molecule has 0 spiro atoms. The predicted molar refractivity (Wildman–Crippen MR) is 76.9 cm³/mol. The molecule has 1 saturated heterocycles. The minimum absolute atomic E-state index is 0.0535. The Kier molecular flexibility index (Phi) is 3.56. The van der Waals surface area contributed by atoms with Gasteiger partial charge in [-0.05, 0) is 30.2 Å². The van der Waals surface area contributed by atoms with Gasteiger partial charge in [-0.25, -0.2) is 4.39 Å². The van der Waals surface area contributed by atoms with Crippen LogP contribution in [-0.2, 0) is 16.0 Å². The molecule has 7 heteroatoms. The third-order valence-electron chi connectivity index (χ3n) is 4.09. The zero-order chi connectivity index (χ0) is 15.9. The number of nitrogens with one attached hydrogen (secondary N) is 1. The van der Waals surface area contributed by atoms with Gasteiger partial charge >= 0.3 is 0 Å². The molecule has 6 nitrogen and oxygen atoms in total. The topological polar surface area (TPSA) is 92.5 Å². The van der Waals surface area contributed by atoms with Gasteiger partial charge in [0, 0.05) is 24.1 Å². The fourth-order valence-electron chi connectivity index (χ4n) is 2.96. The second kappa shape index (κ2) is 5.40. The van der Waals surface area contributed by atoms with Gasteiger partial charge in [0.05, 0.1) is 6.54 Å². The number of hydrogen-bond donors (Lipinski definition) is 2. The van der Waals surface area contributed by atoms with E-state index in [9.17, 15) is 18.8 Å². The number of nitrogens with zero attached hydrogens (tertiary/aromatic N) is 1. The van der Waals surface area contributed by atoms with Gasteiger partial charge in [-0.15, -0.1) is 0 Å². The quantitative estimate of drug-likeness (QED) is 0.838. The molecule has 3 rings (SSSR count). The molecule has 3 amide bonds. The Labute approximate surface area is 126 Å². The number of hydrogen-bond acceptors (Lipinski definition) is 3. The first kappa shape index (κ1) is 14.5. The highest BCUT2D eigenvalue weighted by molar-refractivity contribution is 6.00. The first-order valence-electron chi connectivity index (χ1n) is 7.13. The summed E-state index contributed by atoms with van der Waals surface area (Å²) in [5.41, 5.74) is 7.16. The fourth-order valence-corrected chi connectivity index (χ4v) is 2.96. The number of primary amides is 1. The Morgan fingerprint density at radius 1 is 1.32 bits per heavy atom. The van der Waals surface area contributed by atoms with Crippen LogP contribution in [0.4, 0.5) is 10.1 Å². The molecular formula is C15H16FN3O3. The van der Waals surface area contributed by atoms with Gasteiger partial charge in [-0.2, -0.15) is 0 Å². The maximum atomic E-state index is 13.5. The van der Waals surface area contributed by atoms with Gasteiger partial charge < -0.3 is 16.0 Å². The van der Waals surface area contributed by atoms with Crippen molar-refractivity contribution in [1.82, 2.24) is 4.90 Å². The minimum Gasteiger partial charge on any atom is -0.368 e. The molecule has 0 aromatic heterocycles. The van der Waals surface area contributed by atoms with Crippen LogP contribution >= 0.6 is 0 Å². The van der Waals surface area contributed by atoms with Crippen molar-refractivity contribution >= 4 is 23.4 Å². The molecule has 1 aromatic rings. The number of likely N-dealkylation sites (tertiary alicyclic amines) is 1. The summed E-state index contributed by atoms with van der Waals surface area (Å²) in [6.07, 6.45) is -0.376. The summed E-state index contributed by atoms with van der Waals surface area (Å²) in [5.74, 6) is -1.16. The largest absolute Gasteiger partial charge is 0.368 e. The number of amides is 3. The molecule has 0 radical (unpaired) electrons. The van der Waals surface area contributed by atoms with Gasteiger partial charge in [-0.1, -0.05) is 0 Å². The normalized spacial score (nSPS) is 23.9. The van der Waals surface area contributed by atoms with Crippen LogP contribution in [0.15, 0.2) is 18.2 Å². The number of benzene rings is 1. The number of fused-ring (bicyclic) bond motifs is 1. The van der Waals surface area contributed by atoms with Crippen molar-refractivity contribution in [3.8, 4) is 0 Å². The molecule has 2 aliphatic rings. The van der Waals surface area contributed by atoms with E-state index < -0.39 is 24.0 Å². The summed E-state index contributed by atoms with van der Waals surface area (Å²) in [6, 6.07) is 4.00. The average Bonchev–Trinajstić information content (AvgIpc) is 2.88. The smallest absolute Gasteiger partial charge is 0.254 e. The Hall–Kier alpha value is -2.44. The lowest BCUT2D eigenvalue weighted by Crippen LogP contribution is -2.43. The predicted octanol–water partition coefficient (Wildman–Crippen LogP) is 0.609. The van der Waals surface area contributed by atoms with Gasteiger partial charge in [-0.3, -0.25) is 14.4 Å². The van der Waals surface area contributed by atoms with Crippen molar-refractivity contribution in [2.75, 3.05) is 11.9 Å². The van der Waals surface area contributed by atoms with Gasteiger partial charge in [0.2, 0.25) is 11.8 Å². The lowest BCUT2D eigenvalue weighted by molar-refractivity contribution is -0.121. The number of anilines is 1. The zero-order valence-electron chi connectivity index (χ0n) is 11.8. The lowest BCUT2D eigenvalue weighted by atomic mass is 10.00. The SMILES string of the molecule is NC(=O)[C@@H]1C[C@@H](F)CN1C(=O)c1ccc2c(c1)CCC(=O)N2. The number of halogens is 1. The maximum absolute atomic E-state index is 13.5. The molecule has 3 N–H and O–H groups in total. The lowest BCUT2D eigenvalue weighted by Gasteiger charge is -2.23. The second-order valence-corrected chi connectivity index (χ2v) is 5.63. The standard InChI is InChI=1S/C15H16FN3O3/c16-10-6-12(14(17)21)19(7-10)15(22)9-1-3-11-8(5-9)2-4-13(20)18-11/h1,3,5,10,12H,2,4,6-7H2,(H2,17,21)(H,18,20)/t10-,12+/m1/s1. The summed E-state index contributed by atoms with van der Waals surface area (Å²) in [7, 11) is 0. The number of aryl methyl sites for hydroxylation is 1. The number of carbonyl (C=O) groups excluding carboxylic acids is 3. The van der Waals surface area contributed by atoms with E-state index in [1.807, 2.05) is 0 Å². The van der Waals surface area contributed by atoms with Crippen molar-refractivity contribution in [1.29, 1.82) is 0 Å². The van der Waals surface area contributed by atoms with E-state index in [-0.39, 0.29) is 18.9 Å². The van der Waals surface area contributed by atoms with Crippen molar-refractivity contribution in [3.05, 3.63) is 29.3 Å². The van der Waals surface area contributed by atoms with Crippen LogP contribution in [0.2, 0.25) is 0 Å². The highest BCUT2D eigenvalue weighted by atomic mass is 19.1. The molecule has 2 atom stereocenters. The van der Waals surface area contributed by atoms with E-state index in [1.165, 1.54) is 4.90 Å². The number of alkyl halides is 1. The van der Waals surface area contributed by atoms with Crippen molar-refractivity contribution in [2.24, 2.45) is 5.73 Å². The van der Waals surface area contributed by atoms with Crippen LogP contribution in [-0.4, -0.2) is 41.4 Å². The molecular weight excluding hydrogens is 289 g/mol. The molecule has 0 saturated carbocycles.